The summed E-state index contributed by atoms with van der Waals surface area (Å²) in [5.41, 5.74) is 1.49. The third kappa shape index (κ3) is 4.43. The van der Waals surface area contributed by atoms with E-state index < -0.39 is 0 Å². The molecule has 0 atom stereocenters. The first kappa shape index (κ1) is 14.6. The van der Waals surface area contributed by atoms with Crippen molar-refractivity contribution < 1.29 is 14.3 Å². The van der Waals surface area contributed by atoms with Crippen molar-refractivity contribution in [2.75, 3.05) is 40.5 Å². The molecule has 0 radical (unpaired) electrons. The van der Waals surface area contributed by atoms with Gasteiger partial charge >= 0.3 is 0 Å². The Morgan fingerprint density at radius 2 is 1.83 bits per heavy atom. The van der Waals surface area contributed by atoms with Crippen molar-refractivity contribution in [2.24, 2.45) is 0 Å². The van der Waals surface area contributed by atoms with Crippen molar-refractivity contribution in [3.05, 3.63) is 29.6 Å². The Kier molecular flexibility index (Phi) is 6.32. The van der Waals surface area contributed by atoms with Gasteiger partial charge in [0.1, 0.15) is 0 Å². The maximum absolute atomic E-state index is 12.2. The van der Waals surface area contributed by atoms with Gasteiger partial charge in [0.2, 0.25) is 0 Å². The molecule has 1 aromatic rings. The molecule has 0 spiro atoms. The minimum Gasteiger partial charge on any atom is -0.383 e. The first-order chi connectivity index (χ1) is 8.69. The van der Waals surface area contributed by atoms with Crippen molar-refractivity contribution in [1.29, 1.82) is 0 Å². The molecular formula is C13H20N2O3. The number of carbonyl (C=O) groups excluding carboxylic acids is 1. The summed E-state index contributed by atoms with van der Waals surface area (Å²) in [4.78, 5) is 18.1. The third-order valence-corrected chi connectivity index (χ3v) is 2.58. The molecule has 18 heavy (non-hydrogen) atoms. The molecule has 0 aliphatic rings. The van der Waals surface area contributed by atoms with Gasteiger partial charge in [-0.15, -0.1) is 0 Å². The lowest BCUT2D eigenvalue weighted by Crippen LogP contribution is -2.36. The fourth-order valence-corrected chi connectivity index (χ4v) is 1.49. The predicted molar refractivity (Wildman–Crippen MR) is 68.6 cm³/mol. The smallest absolute Gasteiger partial charge is 0.255 e. The fraction of sp³-hybridized carbons (Fsp3) is 0.538. The maximum Gasteiger partial charge on any atom is 0.255 e. The van der Waals surface area contributed by atoms with Crippen LogP contribution < -0.4 is 0 Å². The standard InChI is InChI=1S/C13H20N2O3/c1-11-4-5-12(10-14-11)13(16)15(6-8-17-2)7-9-18-3/h4-5,10H,6-9H2,1-3H3. The van der Waals surface area contributed by atoms with Crippen LogP contribution in [-0.2, 0) is 9.47 Å². The number of hydrogen-bond donors (Lipinski definition) is 0. The second-order valence-electron chi connectivity index (χ2n) is 3.97. The molecule has 0 saturated heterocycles. The first-order valence-electron chi connectivity index (χ1n) is 5.89. The quantitative estimate of drug-likeness (QED) is 0.730. The van der Waals surface area contributed by atoms with E-state index in [4.69, 9.17) is 9.47 Å². The Balaban J connectivity index is 2.70. The van der Waals surface area contributed by atoms with Crippen LogP contribution in [0.3, 0.4) is 0 Å². The van der Waals surface area contributed by atoms with Crippen LogP contribution in [0.25, 0.3) is 0 Å². The number of methoxy groups -OCH3 is 2. The molecule has 0 saturated carbocycles. The summed E-state index contributed by atoms with van der Waals surface area (Å²) in [6.45, 7) is 4.00. The SMILES string of the molecule is COCCN(CCOC)C(=O)c1ccc(C)nc1. The normalized spacial score (nSPS) is 10.4. The predicted octanol–water partition coefficient (Wildman–Crippen LogP) is 1.13. The van der Waals surface area contributed by atoms with Crippen LogP contribution >= 0.6 is 0 Å². The van der Waals surface area contributed by atoms with Gasteiger partial charge in [-0.3, -0.25) is 9.78 Å². The van der Waals surface area contributed by atoms with E-state index in [0.29, 0.717) is 31.9 Å². The van der Waals surface area contributed by atoms with E-state index in [1.54, 1.807) is 31.4 Å². The molecular weight excluding hydrogens is 232 g/mol. The number of aromatic nitrogens is 1. The highest BCUT2D eigenvalue weighted by atomic mass is 16.5. The second kappa shape index (κ2) is 7.79. The molecule has 100 valence electrons. The number of aryl methyl sites for hydroxylation is 1. The molecule has 5 heteroatoms. The minimum absolute atomic E-state index is 0.0448. The van der Waals surface area contributed by atoms with E-state index in [9.17, 15) is 4.79 Å². The Bertz CT molecular complexity index is 357. The number of rotatable bonds is 7. The van der Waals surface area contributed by atoms with Crippen molar-refractivity contribution in [3.8, 4) is 0 Å². The van der Waals surface area contributed by atoms with Crippen molar-refractivity contribution in [2.45, 2.75) is 6.92 Å². The Morgan fingerprint density at radius 1 is 1.22 bits per heavy atom. The van der Waals surface area contributed by atoms with Crippen molar-refractivity contribution in [1.82, 2.24) is 9.88 Å². The van der Waals surface area contributed by atoms with Crippen LogP contribution in [0, 0.1) is 6.92 Å². The van der Waals surface area contributed by atoms with E-state index in [0.717, 1.165) is 5.69 Å². The van der Waals surface area contributed by atoms with Crippen LogP contribution in [0.1, 0.15) is 16.1 Å². The number of carbonyl (C=O) groups is 1. The summed E-state index contributed by atoms with van der Waals surface area (Å²) < 4.78 is 10.0. The highest BCUT2D eigenvalue weighted by Crippen LogP contribution is 2.05. The molecule has 1 rings (SSSR count). The lowest BCUT2D eigenvalue weighted by molar-refractivity contribution is 0.0627. The summed E-state index contributed by atoms with van der Waals surface area (Å²) in [7, 11) is 3.23. The van der Waals surface area contributed by atoms with Crippen molar-refractivity contribution >= 4 is 5.91 Å². The van der Waals surface area contributed by atoms with Crippen LogP contribution in [0.4, 0.5) is 0 Å². The third-order valence-electron chi connectivity index (χ3n) is 2.58. The van der Waals surface area contributed by atoms with Gasteiger partial charge in [-0.2, -0.15) is 0 Å². The Hall–Kier alpha value is -1.46. The number of nitrogens with zero attached hydrogens (tertiary/aromatic N) is 2. The molecule has 1 aromatic heterocycles. The highest BCUT2D eigenvalue weighted by Gasteiger charge is 2.15. The van der Waals surface area contributed by atoms with Gasteiger partial charge in [0.15, 0.2) is 0 Å². The number of hydrogen-bond acceptors (Lipinski definition) is 4. The molecule has 1 amide bonds. The largest absolute Gasteiger partial charge is 0.383 e. The molecule has 0 bridgehead atoms. The summed E-state index contributed by atoms with van der Waals surface area (Å²) in [5.74, 6) is -0.0448. The summed E-state index contributed by atoms with van der Waals surface area (Å²) in [5, 5.41) is 0. The number of ether oxygens (including phenoxy) is 2. The lowest BCUT2D eigenvalue weighted by Gasteiger charge is -2.21. The topological polar surface area (TPSA) is 51.7 Å². The fourth-order valence-electron chi connectivity index (χ4n) is 1.49. The molecule has 5 nitrogen and oxygen atoms in total. The van der Waals surface area contributed by atoms with Gasteiger partial charge in [0.05, 0.1) is 18.8 Å². The molecule has 1 heterocycles. The van der Waals surface area contributed by atoms with Crippen LogP contribution in [-0.4, -0.2) is 56.3 Å². The minimum atomic E-state index is -0.0448. The summed E-state index contributed by atoms with van der Waals surface area (Å²) in [6.07, 6.45) is 1.60. The Morgan fingerprint density at radius 3 is 2.28 bits per heavy atom. The molecule has 0 unspecified atom stereocenters. The van der Waals surface area contributed by atoms with Gasteiger partial charge in [-0.1, -0.05) is 0 Å². The van der Waals surface area contributed by atoms with Gasteiger partial charge in [0.25, 0.3) is 5.91 Å². The summed E-state index contributed by atoms with van der Waals surface area (Å²) in [6, 6.07) is 3.62. The zero-order valence-electron chi connectivity index (χ0n) is 11.2. The monoisotopic (exact) mass is 252 g/mol. The number of amides is 1. The molecule has 0 aliphatic heterocycles. The van der Waals surface area contributed by atoms with E-state index in [2.05, 4.69) is 4.98 Å². The average molecular weight is 252 g/mol. The molecule has 0 N–H and O–H groups in total. The second-order valence-corrected chi connectivity index (χ2v) is 3.97. The average Bonchev–Trinajstić information content (AvgIpc) is 2.39. The summed E-state index contributed by atoms with van der Waals surface area (Å²) >= 11 is 0. The van der Waals surface area contributed by atoms with Gasteiger partial charge in [0, 0.05) is 39.2 Å². The molecule has 0 aliphatic carbocycles. The first-order valence-corrected chi connectivity index (χ1v) is 5.89. The van der Waals surface area contributed by atoms with E-state index in [-0.39, 0.29) is 5.91 Å². The van der Waals surface area contributed by atoms with Gasteiger partial charge < -0.3 is 14.4 Å². The van der Waals surface area contributed by atoms with E-state index >= 15 is 0 Å². The molecule has 0 aromatic carbocycles. The lowest BCUT2D eigenvalue weighted by atomic mass is 10.2. The zero-order chi connectivity index (χ0) is 13.4. The zero-order valence-corrected chi connectivity index (χ0v) is 11.2. The van der Waals surface area contributed by atoms with E-state index in [1.807, 2.05) is 13.0 Å². The van der Waals surface area contributed by atoms with Crippen molar-refractivity contribution in [3.63, 3.8) is 0 Å². The van der Waals surface area contributed by atoms with E-state index in [1.165, 1.54) is 0 Å². The number of pyridine rings is 1. The Labute approximate surface area is 108 Å². The van der Waals surface area contributed by atoms with Gasteiger partial charge in [-0.05, 0) is 19.1 Å². The molecule has 0 fully saturated rings. The van der Waals surface area contributed by atoms with Crippen LogP contribution in [0.15, 0.2) is 18.3 Å². The van der Waals surface area contributed by atoms with Crippen LogP contribution in [0.5, 0.6) is 0 Å². The maximum atomic E-state index is 12.2. The van der Waals surface area contributed by atoms with Crippen LogP contribution in [0.2, 0.25) is 0 Å². The highest BCUT2D eigenvalue weighted by molar-refractivity contribution is 5.93. The van der Waals surface area contributed by atoms with Gasteiger partial charge in [-0.25, -0.2) is 0 Å².